The summed E-state index contributed by atoms with van der Waals surface area (Å²) in [5.41, 5.74) is 2.34. The van der Waals surface area contributed by atoms with Gasteiger partial charge in [-0.1, -0.05) is 29.8 Å². The van der Waals surface area contributed by atoms with Crippen LogP contribution >= 0.6 is 11.6 Å². The molecule has 0 saturated heterocycles. The lowest BCUT2D eigenvalue weighted by Crippen LogP contribution is -2.59. The second-order valence-electron chi connectivity index (χ2n) is 6.66. The quantitative estimate of drug-likeness (QED) is 0.532. The van der Waals surface area contributed by atoms with Gasteiger partial charge in [0.2, 0.25) is 0 Å². The molecule has 2 aliphatic rings. The third kappa shape index (κ3) is 1.85. The van der Waals surface area contributed by atoms with Gasteiger partial charge in [-0.25, -0.2) is 0 Å². The zero-order chi connectivity index (χ0) is 18.1. The fourth-order valence-electron chi connectivity index (χ4n) is 4.14. The maximum absolute atomic E-state index is 13.1. The number of hydrogen-bond donors (Lipinski definition) is 4. The predicted octanol–water partition coefficient (Wildman–Crippen LogP) is 2.62. The first-order valence-corrected chi connectivity index (χ1v) is 8.60. The van der Waals surface area contributed by atoms with E-state index in [0.717, 1.165) is 16.5 Å². The molecule has 3 aromatic rings. The van der Waals surface area contributed by atoms with E-state index in [2.05, 4.69) is 15.6 Å². The van der Waals surface area contributed by atoms with Gasteiger partial charge in [0.15, 0.2) is 5.54 Å². The normalized spacial score (nSPS) is 23.7. The van der Waals surface area contributed by atoms with Crippen molar-refractivity contribution in [2.45, 2.75) is 18.0 Å². The number of carboxylic acids is 1. The van der Waals surface area contributed by atoms with Gasteiger partial charge >= 0.3 is 5.97 Å². The van der Waals surface area contributed by atoms with Gasteiger partial charge in [-0.2, -0.15) is 0 Å². The molecule has 0 aliphatic carbocycles. The number of aromatic nitrogens is 1. The molecule has 1 aromatic heterocycles. The minimum atomic E-state index is -1.31. The Bertz CT molecular complexity index is 1110. The van der Waals surface area contributed by atoms with Gasteiger partial charge in [0.05, 0.1) is 5.69 Å². The number of carbonyl (C=O) groups excluding carboxylic acids is 1. The molecular formula is C19H14ClN3O3. The predicted molar refractivity (Wildman–Crippen MR) is 97.4 cm³/mol. The number of aromatic amines is 1. The molecule has 0 radical (unpaired) electrons. The molecule has 5 rings (SSSR count). The molecule has 2 aromatic carbocycles. The average molecular weight is 368 g/mol. The minimum absolute atomic E-state index is 0.291. The Morgan fingerprint density at radius 3 is 2.85 bits per heavy atom. The Hall–Kier alpha value is -2.83. The first-order chi connectivity index (χ1) is 12.5. The van der Waals surface area contributed by atoms with Crippen molar-refractivity contribution in [3.63, 3.8) is 0 Å². The van der Waals surface area contributed by atoms with Gasteiger partial charge in [-0.05, 0) is 29.8 Å². The van der Waals surface area contributed by atoms with E-state index in [9.17, 15) is 14.7 Å². The van der Waals surface area contributed by atoms with E-state index in [1.165, 1.54) is 0 Å². The summed E-state index contributed by atoms with van der Waals surface area (Å²) < 4.78 is 0. The summed E-state index contributed by atoms with van der Waals surface area (Å²) in [5.74, 6) is -1.31. The number of anilines is 1. The van der Waals surface area contributed by atoms with Crippen molar-refractivity contribution in [1.29, 1.82) is 0 Å². The Labute approximate surface area is 153 Å². The summed E-state index contributed by atoms with van der Waals surface area (Å²) in [7, 11) is 0. The molecule has 0 bridgehead atoms. The third-order valence-corrected chi connectivity index (χ3v) is 5.50. The fraction of sp³-hybridized carbons (Fsp3) is 0.158. The maximum atomic E-state index is 13.1. The molecule has 2 atom stereocenters. The molecule has 7 heteroatoms. The van der Waals surface area contributed by atoms with E-state index in [4.69, 9.17) is 11.6 Å². The Kier molecular flexibility index (Phi) is 3.02. The van der Waals surface area contributed by atoms with E-state index in [1.807, 2.05) is 24.3 Å². The molecule has 130 valence electrons. The zero-order valence-electron chi connectivity index (χ0n) is 13.5. The number of benzene rings is 2. The van der Waals surface area contributed by atoms with Gasteiger partial charge in [-0.3, -0.25) is 14.9 Å². The molecule has 2 aliphatic heterocycles. The van der Waals surface area contributed by atoms with E-state index in [1.54, 1.807) is 18.2 Å². The van der Waals surface area contributed by atoms with E-state index < -0.39 is 17.6 Å². The highest BCUT2D eigenvalue weighted by molar-refractivity contribution is 6.31. The number of carbonyl (C=O) groups is 2. The largest absolute Gasteiger partial charge is 0.480 e. The summed E-state index contributed by atoms with van der Waals surface area (Å²) in [6.45, 7) is 0. The van der Waals surface area contributed by atoms with Crippen LogP contribution in [0.25, 0.3) is 10.9 Å². The van der Waals surface area contributed by atoms with Crippen molar-refractivity contribution < 1.29 is 14.7 Å². The van der Waals surface area contributed by atoms with Crippen LogP contribution in [0.15, 0.2) is 42.5 Å². The van der Waals surface area contributed by atoms with Gasteiger partial charge < -0.3 is 15.4 Å². The molecule has 1 amide bonds. The third-order valence-electron chi connectivity index (χ3n) is 5.26. The van der Waals surface area contributed by atoms with Crippen molar-refractivity contribution in [1.82, 2.24) is 10.3 Å². The highest BCUT2D eigenvalue weighted by Gasteiger charge is 2.55. The molecule has 4 N–H and O–H groups in total. The van der Waals surface area contributed by atoms with Crippen molar-refractivity contribution in [3.8, 4) is 0 Å². The van der Waals surface area contributed by atoms with Crippen molar-refractivity contribution >= 4 is 40.1 Å². The highest BCUT2D eigenvalue weighted by atomic mass is 35.5. The van der Waals surface area contributed by atoms with Crippen molar-refractivity contribution in [2.24, 2.45) is 0 Å². The maximum Gasteiger partial charge on any atom is 0.321 e. The number of amides is 1. The molecule has 0 unspecified atom stereocenters. The first-order valence-electron chi connectivity index (χ1n) is 8.23. The minimum Gasteiger partial charge on any atom is -0.480 e. The molecule has 6 nitrogen and oxygen atoms in total. The summed E-state index contributed by atoms with van der Waals surface area (Å²) in [5, 5.41) is 17.0. The monoisotopic (exact) mass is 367 g/mol. The van der Waals surface area contributed by atoms with Gasteiger partial charge in [0.1, 0.15) is 6.04 Å². The molecule has 1 spiro atoms. The number of carboxylic acid groups (broad SMARTS) is 1. The SMILES string of the molecule is O=C(O)[C@H]1Cc2c([nH]c3ccccc23)[C@]2(N1)C(=O)Nc1ccc(Cl)cc12. The number of rotatable bonds is 1. The number of aliphatic carboxylic acids is 1. The lowest BCUT2D eigenvalue weighted by Gasteiger charge is -2.36. The zero-order valence-corrected chi connectivity index (χ0v) is 14.2. The van der Waals surface area contributed by atoms with Gasteiger partial charge in [0.25, 0.3) is 5.91 Å². The molecule has 3 heterocycles. The number of fused-ring (bicyclic) bond motifs is 6. The highest BCUT2D eigenvalue weighted by Crippen LogP contribution is 2.46. The van der Waals surface area contributed by atoms with Crippen molar-refractivity contribution in [2.75, 3.05) is 5.32 Å². The van der Waals surface area contributed by atoms with Crippen LogP contribution in [0.5, 0.6) is 0 Å². The topological polar surface area (TPSA) is 94.2 Å². The van der Waals surface area contributed by atoms with Gasteiger partial charge in [-0.15, -0.1) is 0 Å². The summed E-state index contributed by atoms with van der Waals surface area (Å²) in [6, 6.07) is 11.9. The molecular weight excluding hydrogens is 354 g/mol. The molecule has 0 saturated carbocycles. The van der Waals surface area contributed by atoms with Crippen LogP contribution < -0.4 is 10.6 Å². The molecule has 26 heavy (non-hydrogen) atoms. The second-order valence-corrected chi connectivity index (χ2v) is 7.09. The smallest absolute Gasteiger partial charge is 0.321 e. The Balaban J connectivity index is 1.87. The Morgan fingerprint density at radius 1 is 1.23 bits per heavy atom. The van der Waals surface area contributed by atoms with Crippen LogP contribution in [0.1, 0.15) is 16.8 Å². The number of halogens is 1. The summed E-state index contributed by atoms with van der Waals surface area (Å²) in [6.07, 6.45) is 0.291. The van der Waals surface area contributed by atoms with E-state index >= 15 is 0 Å². The lowest BCUT2D eigenvalue weighted by atomic mass is 9.79. The number of H-pyrrole nitrogens is 1. The van der Waals surface area contributed by atoms with Crippen molar-refractivity contribution in [3.05, 3.63) is 64.3 Å². The van der Waals surface area contributed by atoms with Crippen LogP contribution in [-0.2, 0) is 21.5 Å². The van der Waals surface area contributed by atoms with Gasteiger partial charge in [0, 0.05) is 33.6 Å². The second kappa shape index (κ2) is 5.09. The Morgan fingerprint density at radius 2 is 2.04 bits per heavy atom. The average Bonchev–Trinajstić information content (AvgIpc) is 3.12. The van der Waals surface area contributed by atoms with Crippen LogP contribution in [-0.4, -0.2) is 28.0 Å². The standard InChI is InChI=1S/C19H14ClN3O3/c20-9-5-6-14-12(7-9)19(18(26)22-14)16-11(8-15(23-19)17(24)25)10-3-1-2-4-13(10)21-16/h1-7,15,21,23H,8H2,(H,22,26)(H,24,25)/t15-,19+/m1/s1. The fourth-order valence-corrected chi connectivity index (χ4v) is 4.31. The van der Waals surface area contributed by atoms with E-state index in [0.29, 0.717) is 28.4 Å². The number of nitrogens with one attached hydrogen (secondary N) is 3. The summed E-state index contributed by atoms with van der Waals surface area (Å²) >= 11 is 6.18. The number of hydrogen-bond acceptors (Lipinski definition) is 3. The lowest BCUT2D eigenvalue weighted by molar-refractivity contribution is -0.140. The first kappa shape index (κ1) is 15.4. The van der Waals surface area contributed by atoms with Crippen LogP contribution in [0.2, 0.25) is 5.02 Å². The van der Waals surface area contributed by atoms with Crippen LogP contribution in [0, 0.1) is 0 Å². The van der Waals surface area contributed by atoms with E-state index in [-0.39, 0.29) is 5.91 Å². The number of para-hydroxylation sites is 1. The molecule has 0 fully saturated rings. The summed E-state index contributed by atoms with van der Waals surface area (Å²) in [4.78, 5) is 28.3. The van der Waals surface area contributed by atoms with Crippen LogP contribution in [0.3, 0.4) is 0 Å². The van der Waals surface area contributed by atoms with Crippen LogP contribution in [0.4, 0.5) is 5.69 Å².